The molecule has 4 aliphatic heterocycles. The standard InChI is InChI=1S/C37H66N2O12/c1-14-25-37(10,44)29(41)22(6)38-32-18(2)16-36(9,51-32)31(50-34-27(40)24(39(11)12)15-19(3)46-34)20(4)28(21(5)33(43)48-25)49-26-17-35(8,45-13)30(42)23(7)47-26/h18-31,34,40-42,44H,14-17H2,1-13H3/t18?,19-,20+,21-,22-,23-,24+,25-,26?,27-,28+,29-,30-,31-,34?,35+,36?,37-/m1/s1. The number of ether oxygens (including phenoxy) is 7. The Balaban J connectivity index is 1.85. The summed E-state index contributed by atoms with van der Waals surface area (Å²) in [5.74, 6) is -2.03. The van der Waals surface area contributed by atoms with Gasteiger partial charge in [0.2, 0.25) is 0 Å². The Hall–Kier alpha value is -1.46. The molecule has 0 spiro atoms. The van der Waals surface area contributed by atoms with Gasteiger partial charge in [-0.3, -0.25) is 4.79 Å². The van der Waals surface area contributed by atoms with Crippen molar-refractivity contribution in [1.82, 2.24) is 4.90 Å². The highest BCUT2D eigenvalue weighted by molar-refractivity contribution is 5.81. The number of fused-ring (bicyclic) bond motifs is 2. The predicted octanol–water partition coefficient (Wildman–Crippen LogP) is 2.41. The fourth-order valence-corrected chi connectivity index (χ4v) is 8.61. The molecular weight excluding hydrogens is 664 g/mol. The number of carbonyl (C=O) groups excluding carboxylic acids is 1. The fourth-order valence-electron chi connectivity index (χ4n) is 8.61. The highest BCUT2D eigenvalue weighted by Crippen LogP contribution is 2.44. The molecule has 4 N–H and O–H groups in total. The normalized spacial score (nSPS) is 50.3. The second-order valence-electron chi connectivity index (χ2n) is 16.5. The topological polar surface area (TPSA) is 178 Å². The van der Waals surface area contributed by atoms with Crippen molar-refractivity contribution in [2.75, 3.05) is 21.2 Å². The van der Waals surface area contributed by atoms with E-state index >= 15 is 0 Å². The van der Waals surface area contributed by atoms with Crippen molar-refractivity contribution in [2.24, 2.45) is 22.7 Å². The maximum Gasteiger partial charge on any atom is 0.311 e. The third kappa shape index (κ3) is 8.60. The summed E-state index contributed by atoms with van der Waals surface area (Å²) in [6, 6.07) is -1.04. The van der Waals surface area contributed by atoms with Crippen molar-refractivity contribution in [3.8, 4) is 0 Å². The second-order valence-corrected chi connectivity index (χ2v) is 16.5. The molecule has 51 heavy (non-hydrogen) atoms. The summed E-state index contributed by atoms with van der Waals surface area (Å²) in [7, 11) is 5.33. The van der Waals surface area contributed by atoms with Gasteiger partial charge in [-0.2, -0.15) is 0 Å². The molecule has 18 atom stereocenters. The van der Waals surface area contributed by atoms with E-state index in [0.29, 0.717) is 18.7 Å². The van der Waals surface area contributed by atoms with Gasteiger partial charge in [0.25, 0.3) is 0 Å². The minimum absolute atomic E-state index is 0.163. The van der Waals surface area contributed by atoms with Gasteiger partial charge < -0.3 is 58.5 Å². The Labute approximate surface area is 304 Å². The molecule has 0 radical (unpaired) electrons. The number of carbonyl (C=O) groups is 1. The molecule has 296 valence electrons. The van der Waals surface area contributed by atoms with E-state index in [1.165, 1.54) is 14.0 Å². The number of methoxy groups -OCH3 is 1. The van der Waals surface area contributed by atoms with Gasteiger partial charge in [0.1, 0.15) is 41.7 Å². The van der Waals surface area contributed by atoms with E-state index in [2.05, 4.69) is 0 Å². The minimum Gasteiger partial charge on any atom is -0.472 e. The number of aliphatic hydroxyl groups is 4. The minimum atomic E-state index is -1.84. The van der Waals surface area contributed by atoms with Gasteiger partial charge in [-0.05, 0) is 75.4 Å². The number of aliphatic hydroxyl groups excluding tert-OH is 3. The Kier molecular flexibility index (Phi) is 13.4. The number of hydrogen-bond donors (Lipinski definition) is 4. The van der Waals surface area contributed by atoms with Crippen molar-refractivity contribution >= 4 is 11.9 Å². The van der Waals surface area contributed by atoms with Crippen LogP contribution in [0.4, 0.5) is 0 Å². The van der Waals surface area contributed by atoms with Gasteiger partial charge in [-0.15, -0.1) is 0 Å². The van der Waals surface area contributed by atoms with Crippen LogP contribution in [0.3, 0.4) is 0 Å². The molecular formula is C37H66N2O12. The molecule has 2 bridgehead atoms. The summed E-state index contributed by atoms with van der Waals surface area (Å²) in [5.41, 5.74) is -3.91. The Bertz CT molecular complexity index is 1220. The molecule has 0 amide bonds. The van der Waals surface area contributed by atoms with Gasteiger partial charge >= 0.3 is 5.97 Å². The first-order valence-corrected chi connectivity index (χ1v) is 18.7. The van der Waals surface area contributed by atoms with E-state index in [1.54, 1.807) is 34.6 Å². The first-order chi connectivity index (χ1) is 23.6. The zero-order chi connectivity index (χ0) is 38.4. The lowest BCUT2D eigenvalue weighted by Crippen LogP contribution is -2.60. The first-order valence-electron chi connectivity index (χ1n) is 18.7. The Morgan fingerprint density at radius 3 is 2.20 bits per heavy atom. The van der Waals surface area contributed by atoms with Crippen molar-refractivity contribution in [1.29, 1.82) is 0 Å². The van der Waals surface area contributed by atoms with E-state index in [4.69, 9.17) is 38.2 Å². The summed E-state index contributed by atoms with van der Waals surface area (Å²) in [5, 5.41) is 45.5. The largest absolute Gasteiger partial charge is 0.472 e. The quantitative estimate of drug-likeness (QED) is 0.281. The maximum atomic E-state index is 14.2. The second kappa shape index (κ2) is 16.1. The lowest BCUT2D eigenvalue weighted by atomic mass is 9.79. The van der Waals surface area contributed by atoms with Gasteiger partial charge in [0.05, 0.1) is 35.9 Å². The summed E-state index contributed by atoms with van der Waals surface area (Å²) >= 11 is 0. The van der Waals surface area contributed by atoms with Crippen LogP contribution >= 0.6 is 0 Å². The van der Waals surface area contributed by atoms with E-state index < -0.39 is 96.0 Å². The number of nitrogens with zero attached hydrogens (tertiary/aromatic N) is 2. The van der Waals surface area contributed by atoms with Crippen molar-refractivity contribution in [3.63, 3.8) is 0 Å². The van der Waals surface area contributed by atoms with Crippen LogP contribution in [-0.2, 0) is 38.0 Å². The predicted molar refractivity (Wildman–Crippen MR) is 188 cm³/mol. The third-order valence-corrected chi connectivity index (χ3v) is 11.9. The number of cyclic esters (lactones) is 1. The van der Waals surface area contributed by atoms with Crippen molar-refractivity contribution in [2.45, 2.75) is 185 Å². The first kappa shape index (κ1) is 42.3. The molecule has 3 saturated heterocycles. The van der Waals surface area contributed by atoms with E-state index in [-0.39, 0.29) is 30.9 Å². The van der Waals surface area contributed by atoms with Crippen LogP contribution in [0.5, 0.6) is 0 Å². The summed E-state index contributed by atoms with van der Waals surface area (Å²) in [6.45, 7) is 17.8. The van der Waals surface area contributed by atoms with Crippen LogP contribution in [-0.4, -0.2) is 149 Å². The Morgan fingerprint density at radius 1 is 0.961 bits per heavy atom. The molecule has 0 aromatic heterocycles. The molecule has 4 heterocycles. The van der Waals surface area contributed by atoms with Crippen LogP contribution < -0.4 is 0 Å². The number of esters is 1. The van der Waals surface area contributed by atoms with Crippen LogP contribution in [0, 0.1) is 17.8 Å². The molecule has 4 unspecified atom stereocenters. The highest BCUT2D eigenvalue weighted by atomic mass is 16.7. The van der Waals surface area contributed by atoms with Gasteiger partial charge in [-0.1, -0.05) is 20.8 Å². The van der Waals surface area contributed by atoms with Gasteiger partial charge in [-0.25, -0.2) is 4.99 Å². The zero-order valence-corrected chi connectivity index (χ0v) is 32.9. The smallest absolute Gasteiger partial charge is 0.311 e. The molecule has 0 saturated carbocycles. The molecule has 4 aliphatic rings. The van der Waals surface area contributed by atoms with E-state index in [9.17, 15) is 25.2 Å². The van der Waals surface area contributed by atoms with Crippen LogP contribution in [0.25, 0.3) is 0 Å². The van der Waals surface area contributed by atoms with Crippen molar-refractivity contribution < 1.29 is 58.4 Å². The number of hydrogen-bond acceptors (Lipinski definition) is 14. The van der Waals surface area contributed by atoms with Crippen molar-refractivity contribution in [3.05, 3.63) is 0 Å². The lowest BCUT2D eigenvalue weighted by Gasteiger charge is -2.48. The Morgan fingerprint density at radius 2 is 1.61 bits per heavy atom. The van der Waals surface area contributed by atoms with Crippen LogP contribution in [0.1, 0.15) is 94.9 Å². The number of aliphatic imine (C=N–C) groups is 1. The molecule has 0 aromatic carbocycles. The lowest BCUT2D eigenvalue weighted by molar-refractivity contribution is -0.315. The van der Waals surface area contributed by atoms with Gasteiger partial charge in [0, 0.05) is 37.8 Å². The van der Waals surface area contributed by atoms with E-state index in [1.807, 2.05) is 46.7 Å². The molecule has 0 aromatic rings. The van der Waals surface area contributed by atoms with Crippen LogP contribution in [0.2, 0.25) is 0 Å². The van der Waals surface area contributed by atoms with E-state index in [0.717, 1.165) is 0 Å². The molecule has 4 rings (SSSR count). The van der Waals surface area contributed by atoms with Gasteiger partial charge in [0.15, 0.2) is 18.5 Å². The highest BCUT2D eigenvalue weighted by Gasteiger charge is 2.56. The summed E-state index contributed by atoms with van der Waals surface area (Å²) in [4.78, 5) is 20.9. The third-order valence-electron chi connectivity index (χ3n) is 11.9. The number of likely N-dealkylation sites (N-methyl/N-ethyl adjacent to an activating group) is 1. The average molecular weight is 731 g/mol. The maximum absolute atomic E-state index is 14.2. The molecule has 3 fully saturated rings. The SMILES string of the molecule is CC[C@H]1OC(=O)[C@H](C)[C@@H](OC2C[C@](C)(OC)[C@H](O)[C@@H](C)O2)[C@H](C)[C@@H](OC2O[C@H](C)C[C@H](N(C)C)[C@H]2O)C2(C)CC(C)C(=N[C@H](C)[C@@H](O)[C@]1(C)O)O2. The monoisotopic (exact) mass is 730 g/mol. The zero-order valence-electron chi connectivity index (χ0n) is 32.9. The number of rotatable bonds is 7. The molecule has 14 heteroatoms. The molecule has 0 aliphatic carbocycles. The fraction of sp³-hybridized carbons (Fsp3) is 0.946. The molecule has 14 nitrogen and oxygen atoms in total. The van der Waals surface area contributed by atoms with Crippen LogP contribution in [0.15, 0.2) is 4.99 Å². The summed E-state index contributed by atoms with van der Waals surface area (Å²) < 4.78 is 44.5. The average Bonchev–Trinajstić information content (AvgIpc) is 3.35. The summed E-state index contributed by atoms with van der Waals surface area (Å²) in [6.07, 6.45) is -7.53.